The SMILES string of the molecule is CCC1C(=O)NCCN1C(=O)Cc1ccc(N)cc1.Cl. The van der Waals surface area contributed by atoms with Gasteiger partial charge in [0.15, 0.2) is 0 Å². The topological polar surface area (TPSA) is 75.4 Å². The Kier molecular flexibility index (Phi) is 5.82. The summed E-state index contributed by atoms with van der Waals surface area (Å²) in [6.07, 6.45) is 0.948. The first-order valence-corrected chi connectivity index (χ1v) is 6.53. The Morgan fingerprint density at radius 3 is 2.65 bits per heavy atom. The molecule has 0 aliphatic carbocycles. The van der Waals surface area contributed by atoms with Crippen molar-refractivity contribution < 1.29 is 9.59 Å². The monoisotopic (exact) mass is 297 g/mol. The third-order valence-corrected chi connectivity index (χ3v) is 3.37. The van der Waals surface area contributed by atoms with Crippen LogP contribution < -0.4 is 11.1 Å². The van der Waals surface area contributed by atoms with Crippen molar-refractivity contribution in [2.45, 2.75) is 25.8 Å². The Labute approximate surface area is 124 Å². The number of halogens is 1. The molecular weight excluding hydrogens is 278 g/mol. The Morgan fingerprint density at radius 2 is 2.05 bits per heavy atom. The highest BCUT2D eigenvalue weighted by Crippen LogP contribution is 2.12. The number of carbonyl (C=O) groups is 2. The maximum absolute atomic E-state index is 12.3. The number of hydrogen-bond acceptors (Lipinski definition) is 3. The minimum atomic E-state index is -0.338. The van der Waals surface area contributed by atoms with Crippen LogP contribution in [0.1, 0.15) is 18.9 Å². The van der Waals surface area contributed by atoms with E-state index < -0.39 is 0 Å². The predicted molar refractivity (Wildman–Crippen MR) is 80.6 cm³/mol. The number of amides is 2. The minimum Gasteiger partial charge on any atom is -0.399 e. The van der Waals surface area contributed by atoms with Crippen LogP contribution in [-0.4, -0.2) is 35.8 Å². The molecule has 1 aromatic rings. The van der Waals surface area contributed by atoms with Gasteiger partial charge in [0.1, 0.15) is 6.04 Å². The molecule has 0 bridgehead atoms. The standard InChI is InChI=1S/C14H19N3O2.ClH/c1-2-12-14(19)16-7-8-17(12)13(18)9-10-3-5-11(15)6-4-10;/h3-6,12H,2,7-9,15H2,1H3,(H,16,19);1H. The fourth-order valence-electron chi connectivity index (χ4n) is 2.33. The van der Waals surface area contributed by atoms with Gasteiger partial charge in [0, 0.05) is 18.8 Å². The highest BCUT2D eigenvalue weighted by Gasteiger charge is 2.31. The minimum absolute atomic E-state index is 0. The molecule has 1 fully saturated rings. The molecule has 1 aliphatic heterocycles. The normalized spacial score (nSPS) is 18.1. The Morgan fingerprint density at radius 1 is 1.40 bits per heavy atom. The van der Waals surface area contributed by atoms with Gasteiger partial charge in [-0.25, -0.2) is 0 Å². The second kappa shape index (κ2) is 7.14. The summed E-state index contributed by atoms with van der Waals surface area (Å²) in [5.74, 6) is -0.0640. The molecule has 5 nitrogen and oxygen atoms in total. The summed E-state index contributed by atoms with van der Waals surface area (Å²) in [6.45, 7) is 3.03. The maximum atomic E-state index is 12.3. The van der Waals surface area contributed by atoms with Gasteiger partial charge in [0.25, 0.3) is 0 Å². The number of piperazine rings is 1. The average molecular weight is 298 g/mol. The van der Waals surface area contributed by atoms with Crippen LogP contribution in [0.4, 0.5) is 5.69 Å². The summed E-state index contributed by atoms with van der Waals surface area (Å²) < 4.78 is 0. The van der Waals surface area contributed by atoms with Gasteiger partial charge < -0.3 is 16.0 Å². The molecule has 1 aromatic carbocycles. The van der Waals surface area contributed by atoms with Crippen LogP contribution in [-0.2, 0) is 16.0 Å². The summed E-state index contributed by atoms with van der Waals surface area (Å²) in [5, 5.41) is 2.79. The van der Waals surface area contributed by atoms with Gasteiger partial charge in [-0.1, -0.05) is 19.1 Å². The molecule has 1 unspecified atom stereocenters. The molecule has 1 heterocycles. The van der Waals surface area contributed by atoms with Gasteiger partial charge >= 0.3 is 0 Å². The van der Waals surface area contributed by atoms with Gasteiger partial charge in [-0.15, -0.1) is 12.4 Å². The first-order valence-electron chi connectivity index (χ1n) is 6.53. The molecule has 0 aromatic heterocycles. The second-order valence-corrected chi connectivity index (χ2v) is 4.72. The summed E-state index contributed by atoms with van der Waals surface area (Å²) in [5.41, 5.74) is 7.21. The van der Waals surface area contributed by atoms with Crippen molar-refractivity contribution in [2.75, 3.05) is 18.8 Å². The molecule has 0 spiro atoms. The molecule has 1 aliphatic rings. The number of anilines is 1. The fourth-order valence-corrected chi connectivity index (χ4v) is 2.33. The van der Waals surface area contributed by atoms with Crippen LogP contribution in [0.25, 0.3) is 0 Å². The van der Waals surface area contributed by atoms with Crippen LogP contribution in [0.2, 0.25) is 0 Å². The maximum Gasteiger partial charge on any atom is 0.242 e. The number of nitrogens with zero attached hydrogens (tertiary/aromatic N) is 1. The molecule has 6 heteroatoms. The lowest BCUT2D eigenvalue weighted by molar-refractivity contribution is -0.142. The number of hydrogen-bond donors (Lipinski definition) is 2. The van der Waals surface area contributed by atoms with Gasteiger partial charge in [-0.05, 0) is 24.1 Å². The summed E-state index contributed by atoms with van der Waals surface area (Å²) >= 11 is 0. The van der Waals surface area contributed by atoms with E-state index in [1.54, 1.807) is 17.0 Å². The van der Waals surface area contributed by atoms with Crippen molar-refractivity contribution in [3.63, 3.8) is 0 Å². The zero-order valence-electron chi connectivity index (χ0n) is 11.5. The molecular formula is C14H20ClN3O2. The van der Waals surface area contributed by atoms with E-state index in [2.05, 4.69) is 5.32 Å². The quantitative estimate of drug-likeness (QED) is 0.816. The van der Waals surface area contributed by atoms with E-state index in [4.69, 9.17) is 5.73 Å². The molecule has 2 amide bonds. The van der Waals surface area contributed by atoms with Crippen molar-refractivity contribution in [3.8, 4) is 0 Å². The average Bonchev–Trinajstić information content (AvgIpc) is 2.41. The van der Waals surface area contributed by atoms with E-state index in [1.165, 1.54) is 0 Å². The lowest BCUT2D eigenvalue weighted by Gasteiger charge is -2.34. The molecule has 3 N–H and O–H groups in total. The van der Waals surface area contributed by atoms with E-state index in [1.807, 2.05) is 19.1 Å². The smallest absolute Gasteiger partial charge is 0.242 e. The molecule has 110 valence electrons. The van der Waals surface area contributed by atoms with Gasteiger partial charge in [-0.3, -0.25) is 9.59 Å². The first-order chi connectivity index (χ1) is 9.11. The molecule has 0 saturated carbocycles. The van der Waals surface area contributed by atoms with Gasteiger partial charge in [0.05, 0.1) is 6.42 Å². The number of nitrogen functional groups attached to an aromatic ring is 1. The molecule has 20 heavy (non-hydrogen) atoms. The number of nitrogens with one attached hydrogen (secondary N) is 1. The van der Waals surface area contributed by atoms with Crippen LogP contribution in [0.5, 0.6) is 0 Å². The molecule has 1 saturated heterocycles. The number of benzene rings is 1. The van der Waals surface area contributed by atoms with Crippen LogP contribution >= 0.6 is 12.4 Å². The fraction of sp³-hybridized carbons (Fsp3) is 0.429. The molecule has 1 atom stereocenters. The third kappa shape index (κ3) is 3.63. The predicted octanol–water partition coefficient (Wildman–Crippen LogP) is 0.970. The lowest BCUT2D eigenvalue weighted by atomic mass is 10.1. The van der Waals surface area contributed by atoms with E-state index in [0.29, 0.717) is 31.6 Å². The van der Waals surface area contributed by atoms with Gasteiger partial charge in [0.2, 0.25) is 11.8 Å². The van der Waals surface area contributed by atoms with E-state index in [0.717, 1.165) is 5.56 Å². The molecule has 2 rings (SSSR count). The summed E-state index contributed by atoms with van der Waals surface area (Å²) in [6, 6.07) is 6.91. The Hall–Kier alpha value is -1.75. The summed E-state index contributed by atoms with van der Waals surface area (Å²) in [4.78, 5) is 25.7. The Balaban J connectivity index is 0.00000200. The van der Waals surface area contributed by atoms with E-state index in [9.17, 15) is 9.59 Å². The zero-order chi connectivity index (χ0) is 13.8. The third-order valence-electron chi connectivity index (χ3n) is 3.37. The zero-order valence-corrected chi connectivity index (χ0v) is 12.3. The second-order valence-electron chi connectivity index (χ2n) is 4.72. The van der Waals surface area contributed by atoms with Crippen molar-refractivity contribution in [2.24, 2.45) is 0 Å². The number of rotatable bonds is 3. The van der Waals surface area contributed by atoms with E-state index in [-0.39, 0.29) is 30.3 Å². The van der Waals surface area contributed by atoms with Crippen LogP contribution in [0, 0.1) is 0 Å². The van der Waals surface area contributed by atoms with Crippen LogP contribution in [0.3, 0.4) is 0 Å². The number of carbonyl (C=O) groups excluding carboxylic acids is 2. The van der Waals surface area contributed by atoms with E-state index >= 15 is 0 Å². The van der Waals surface area contributed by atoms with Crippen LogP contribution in [0.15, 0.2) is 24.3 Å². The highest BCUT2D eigenvalue weighted by atomic mass is 35.5. The lowest BCUT2D eigenvalue weighted by Crippen LogP contribution is -2.57. The molecule has 0 radical (unpaired) electrons. The van der Waals surface area contributed by atoms with Crippen molar-refractivity contribution in [3.05, 3.63) is 29.8 Å². The largest absolute Gasteiger partial charge is 0.399 e. The number of nitrogens with two attached hydrogens (primary N) is 1. The summed E-state index contributed by atoms with van der Waals surface area (Å²) in [7, 11) is 0. The first kappa shape index (κ1) is 16.3. The van der Waals surface area contributed by atoms with Crippen molar-refractivity contribution in [1.29, 1.82) is 0 Å². The van der Waals surface area contributed by atoms with Crippen molar-refractivity contribution >= 4 is 29.9 Å². The van der Waals surface area contributed by atoms with Crippen molar-refractivity contribution in [1.82, 2.24) is 10.2 Å². The highest BCUT2D eigenvalue weighted by molar-refractivity contribution is 5.89. The Bertz CT molecular complexity index is 476. The van der Waals surface area contributed by atoms with Gasteiger partial charge in [-0.2, -0.15) is 0 Å².